The summed E-state index contributed by atoms with van der Waals surface area (Å²) in [5.41, 5.74) is 0. The average Bonchev–Trinajstić information content (AvgIpc) is 2.36. The first kappa shape index (κ1) is 8.45. The van der Waals surface area contributed by atoms with Gasteiger partial charge in [0.05, 0.1) is 6.20 Å². The first-order chi connectivity index (χ1) is 5.72. The van der Waals surface area contributed by atoms with Gasteiger partial charge in [-0.25, -0.2) is 0 Å². The second-order valence-corrected chi connectivity index (χ2v) is 2.27. The molecule has 1 aromatic rings. The first-order valence-corrected chi connectivity index (χ1v) is 3.52. The van der Waals surface area contributed by atoms with Crippen LogP contribution in [-0.2, 0) is 11.8 Å². The molecule has 0 aliphatic carbocycles. The number of anilines is 1. The normalized spacial score (nSPS) is 10.5. The zero-order valence-corrected chi connectivity index (χ0v) is 6.98. The van der Waals surface area contributed by atoms with Gasteiger partial charge in [-0.15, -0.1) is 5.10 Å². The van der Waals surface area contributed by atoms with E-state index in [1.54, 1.807) is 26.2 Å². The standard InChI is InChI=1S/C7H10N4O/c1-3-4-7(12)8-6-5-11(2)10-9-6/h3-5H,1-2H3,(H,8,12)/b4-3+. The van der Waals surface area contributed by atoms with Crippen molar-refractivity contribution in [1.29, 1.82) is 0 Å². The summed E-state index contributed by atoms with van der Waals surface area (Å²) in [6, 6.07) is 0. The Morgan fingerprint density at radius 1 is 1.75 bits per heavy atom. The lowest BCUT2D eigenvalue weighted by molar-refractivity contribution is -0.111. The number of hydrogen-bond donors (Lipinski definition) is 1. The van der Waals surface area contributed by atoms with E-state index < -0.39 is 0 Å². The van der Waals surface area contributed by atoms with Crippen LogP contribution in [0.25, 0.3) is 0 Å². The topological polar surface area (TPSA) is 59.8 Å². The number of aromatic nitrogens is 3. The lowest BCUT2D eigenvalue weighted by Crippen LogP contribution is -2.07. The molecule has 64 valence electrons. The van der Waals surface area contributed by atoms with Gasteiger partial charge in [0.1, 0.15) is 0 Å². The molecule has 1 aromatic heterocycles. The SMILES string of the molecule is C/C=C/C(=O)Nc1cn(C)nn1. The average molecular weight is 166 g/mol. The Morgan fingerprint density at radius 2 is 2.50 bits per heavy atom. The molecule has 1 rings (SSSR count). The third-order valence-electron chi connectivity index (χ3n) is 1.17. The summed E-state index contributed by atoms with van der Waals surface area (Å²) in [5.74, 6) is 0.263. The van der Waals surface area contributed by atoms with E-state index in [-0.39, 0.29) is 5.91 Å². The van der Waals surface area contributed by atoms with E-state index in [9.17, 15) is 4.79 Å². The number of amides is 1. The molecule has 5 nitrogen and oxygen atoms in total. The molecular formula is C7H10N4O. The molecule has 0 bridgehead atoms. The minimum atomic E-state index is -0.196. The van der Waals surface area contributed by atoms with Crippen molar-refractivity contribution < 1.29 is 4.79 Å². The number of carbonyl (C=O) groups excluding carboxylic acids is 1. The molecule has 0 radical (unpaired) electrons. The Balaban J connectivity index is 2.58. The number of aryl methyl sites for hydroxylation is 1. The maximum atomic E-state index is 10.9. The monoisotopic (exact) mass is 166 g/mol. The largest absolute Gasteiger partial charge is 0.304 e. The van der Waals surface area contributed by atoms with Crippen molar-refractivity contribution in [3.63, 3.8) is 0 Å². The zero-order valence-electron chi connectivity index (χ0n) is 6.98. The molecule has 1 amide bonds. The highest BCUT2D eigenvalue weighted by Gasteiger charge is 1.99. The molecule has 0 aliphatic rings. The van der Waals surface area contributed by atoms with Crippen molar-refractivity contribution >= 4 is 11.7 Å². The van der Waals surface area contributed by atoms with Gasteiger partial charge in [0.2, 0.25) is 5.91 Å². The molecular weight excluding hydrogens is 156 g/mol. The van der Waals surface area contributed by atoms with Gasteiger partial charge in [-0.05, 0) is 13.0 Å². The number of rotatable bonds is 2. The van der Waals surface area contributed by atoms with Crippen molar-refractivity contribution in [3.8, 4) is 0 Å². The van der Waals surface area contributed by atoms with Gasteiger partial charge in [0, 0.05) is 7.05 Å². The summed E-state index contributed by atoms with van der Waals surface area (Å²) in [6.45, 7) is 1.77. The van der Waals surface area contributed by atoms with Crippen LogP contribution in [0.3, 0.4) is 0 Å². The summed E-state index contributed by atoms with van der Waals surface area (Å²) >= 11 is 0. The van der Waals surface area contributed by atoms with Crippen LogP contribution in [0.5, 0.6) is 0 Å². The Morgan fingerprint density at radius 3 is 3.00 bits per heavy atom. The van der Waals surface area contributed by atoms with E-state index >= 15 is 0 Å². The zero-order chi connectivity index (χ0) is 8.97. The van der Waals surface area contributed by atoms with Crippen LogP contribution in [0.4, 0.5) is 5.82 Å². The fraction of sp³-hybridized carbons (Fsp3) is 0.286. The van der Waals surface area contributed by atoms with Gasteiger partial charge in [0.15, 0.2) is 5.82 Å². The fourth-order valence-corrected chi connectivity index (χ4v) is 0.724. The molecule has 0 unspecified atom stereocenters. The summed E-state index contributed by atoms with van der Waals surface area (Å²) in [4.78, 5) is 10.9. The second-order valence-electron chi connectivity index (χ2n) is 2.27. The van der Waals surface area contributed by atoms with Crippen LogP contribution in [0.1, 0.15) is 6.92 Å². The maximum Gasteiger partial charge on any atom is 0.249 e. The highest BCUT2D eigenvalue weighted by molar-refractivity contribution is 5.98. The van der Waals surface area contributed by atoms with E-state index in [4.69, 9.17) is 0 Å². The molecule has 5 heteroatoms. The van der Waals surface area contributed by atoms with E-state index in [0.717, 1.165) is 0 Å². The van der Waals surface area contributed by atoms with E-state index in [2.05, 4.69) is 15.6 Å². The van der Waals surface area contributed by atoms with Gasteiger partial charge in [-0.3, -0.25) is 9.48 Å². The number of nitrogens with zero attached hydrogens (tertiary/aromatic N) is 3. The summed E-state index contributed by atoms with van der Waals surface area (Å²) in [7, 11) is 1.73. The highest BCUT2D eigenvalue weighted by Crippen LogP contribution is 1.97. The molecule has 1 N–H and O–H groups in total. The molecule has 0 atom stereocenters. The molecule has 0 aliphatic heterocycles. The first-order valence-electron chi connectivity index (χ1n) is 3.52. The van der Waals surface area contributed by atoms with Crippen molar-refractivity contribution in [2.75, 3.05) is 5.32 Å². The lowest BCUT2D eigenvalue weighted by Gasteiger charge is -1.92. The van der Waals surface area contributed by atoms with Gasteiger partial charge < -0.3 is 5.32 Å². The maximum absolute atomic E-state index is 10.9. The smallest absolute Gasteiger partial charge is 0.249 e. The highest BCUT2D eigenvalue weighted by atomic mass is 16.1. The van der Waals surface area contributed by atoms with Crippen molar-refractivity contribution in [2.45, 2.75) is 6.92 Å². The van der Waals surface area contributed by atoms with Crippen LogP contribution in [0, 0.1) is 0 Å². The number of nitrogens with one attached hydrogen (secondary N) is 1. The van der Waals surface area contributed by atoms with Crippen LogP contribution < -0.4 is 5.32 Å². The lowest BCUT2D eigenvalue weighted by atomic mass is 10.5. The predicted molar refractivity (Wildman–Crippen MR) is 44.4 cm³/mol. The Hall–Kier alpha value is -1.65. The molecule has 0 aromatic carbocycles. The summed E-state index contributed by atoms with van der Waals surface area (Å²) in [5, 5.41) is 9.89. The van der Waals surface area contributed by atoms with Crippen molar-refractivity contribution in [2.24, 2.45) is 7.05 Å². The van der Waals surface area contributed by atoms with Crippen molar-refractivity contribution in [3.05, 3.63) is 18.3 Å². The van der Waals surface area contributed by atoms with Gasteiger partial charge in [-0.1, -0.05) is 11.3 Å². The van der Waals surface area contributed by atoms with E-state index in [1.165, 1.54) is 10.8 Å². The molecule has 12 heavy (non-hydrogen) atoms. The Bertz CT molecular complexity index is 302. The van der Waals surface area contributed by atoms with Crippen LogP contribution in [-0.4, -0.2) is 20.9 Å². The Labute approximate surface area is 70.1 Å². The summed E-state index contributed by atoms with van der Waals surface area (Å²) in [6.07, 6.45) is 4.71. The minimum Gasteiger partial charge on any atom is -0.304 e. The molecule has 0 saturated heterocycles. The summed E-state index contributed by atoms with van der Waals surface area (Å²) < 4.78 is 1.52. The number of carbonyl (C=O) groups is 1. The van der Waals surface area contributed by atoms with E-state index in [0.29, 0.717) is 5.82 Å². The Kier molecular flexibility index (Phi) is 2.57. The second kappa shape index (κ2) is 3.66. The minimum absolute atomic E-state index is 0.196. The number of hydrogen-bond acceptors (Lipinski definition) is 3. The third-order valence-corrected chi connectivity index (χ3v) is 1.17. The third kappa shape index (κ3) is 2.19. The quantitative estimate of drug-likeness (QED) is 0.644. The van der Waals surface area contributed by atoms with Gasteiger partial charge >= 0.3 is 0 Å². The fourth-order valence-electron chi connectivity index (χ4n) is 0.724. The van der Waals surface area contributed by atoms with Crippen LogP contribution in [0.2, 0.25) is 0 Å². The predicted octanol–water partition coefficient (Wildman–Crippen LogP) is 0.330. The van der Waals surface area contributed by atoms with Gasteiger partial charge in [-0.2, -0.15) is 0 Å². The molecule has 0 spiro atoms. The molecule has 1 heterocycles. The van der Waals surface area contributed by atoms with Crippen molar-refractivity contribution in [1.82, 2.24) is 15.0 Å². The molecule has 0 saturated carbocycles. The van der Waals surface area contributed by atoms with E-state index in [1.807, 2.05) is 0 Å². The van der Waals surface area contributed by atoms with Crippen LogP contribution >= 0.6 is 0 Å². The van der Waals surface area contributed by atoms with Crippen LogP contribution in [0.15, 0.2) is 18.3 Å². The number of allylic oxidation sites excluding steroid dienone is 1. The molecule has 0 fully saturated rings. The van der Waals surface area contributed by atoms with Gasteiger partial charge in [0.25, 0.3) is 0 Å².